The summed E-state index contributed by atoms with van der Waals surface area (Å²) in [5.41, 5.74) is 4.20. The summed E-state index contributed by atoms with van der Waals surface area (Å²) in [6, 6.07) is 13.0. The van der Waals surface area contributed by atoms with Crippen LogP contribution in [-0.2, 0) is 9.53 Å². The van der Waals surface area contributed by atoms with Crippen LogP contribution in [-0.4, -0.2) is 68.8 Å². The molecule has 5 rings (SSSR count). The van der Waals surface area contributed by atoms with E-state index in [1.165, 1.54) is 29.1 Å². The van der Waals surface area contributed by atoms with E-state index < -0.39 is 5.41 Å². The third-order valence-corrected chi connectivity index (χ3v) is 9.94. The minimum absolute atomic E-state index is 0.0319. The molecule has 1 fully saturated rings. The highest BCUT2D eigenvalue weighted by molar-refractivity contribution is 5.96. The van der Waals surface area contributed by atoms with Crippen LogP contribution in [0, 0.1) is 11.2 Å². The lowest BCUT2D eigenvalue weighted by molar-refractivity contribution is -0.949. The van der Waals surface area contributed by atoms with Gasteiger partial charge in [0, 0.05) is 51.0 Å². The second-order valence-corrected chi connectivity index (χ2v) is 12.9. The van der Waals surface area contributed by atoms with E-state index in [2.05, 4.69) is 55.8 Å². The van der Waals surface area contributed by atoms with Crippen molar-refractivity contribution in [2.45, 2.75) is 77.7 Å². The fraction of sp³-hybridized carbons (Fsp3) is 0.588. The van der Waals surface area contributed by atoms with E-state index in [1.807, 2.05) is 0 Å². The first-order chi connectivity index (χ1) is 19.7. The summed E-state index contributed by atoms with van der Waals surface area (Å²) in [5.74, 6) is -0.0181. The van der Waals surface area contributed by atoms with Gasteiger partial charge in [-0.25, -0.2) is 4.39 Å². The fourth-order valence-electron chi connectivity index (χ4n) is 7.75. The van der Waals surface area contributed by atoms with Crippen molar-refractivity contribution in [3.63, 3.8) is 0 Å². The molecule has 3 aliphatic rings. The van der Waals surface area contributed by atoms with Gasteiger partial charge in [-0.1, -0.05) is 38.8 Å². The molecule has 0 saturated carbocycles. The van der Waals surface area contributed by atoms with Crippen molar-refractivity contribution in [3.05, 3.63) is 59.4 Å². The molecule has 0 amide bonds. The molecule has 2 aromatic carbocycles. The highest BCUT2D eigenvalue weighted by Crippen LogP contribution is 2.51. The van der Waals surface area contributed by atoms with Crippen LogP contribution in [0.2, 0.25) is 0 Å². The minimum atomic E-state index is -0.459. The van der Waals surface area contributed by atoms with Gasteiger partial charge in [-0.2, -0.15) is 0 Å². The number of fused-ring (bicyclic) bond motifs is 3. The van der Waals surface area contributed by atoms with Gasteiger partial charge in [0.15, 0.2) is 5.78 Å². The number of rotatable bonds is 12. The van der Waals surface area contributed by atoms with Gasteiger partial charge in [0.05, 0.1) is 42.3 Å². The SMILES string of the molecule is CCCC(C)(CCC)C(=O)OC[N+]1(CCCC(=O)c2ccc(F)cc2)CC[C@H]2[C@@H](C1)c1cccc3c1N2CCN3C. The second kappa shape index (κ2) is 12.1. The smallest absolute Gasteiger partial charge is 0.316 e. The minimum Gasteiger partial charge on any atom is -0.415 e. The van der Waals surface area contributed by atoms with Crippen molar-refractivity contribution in [1.29, 1.82) is 0 Å². The number of benzene rings is 2. The average Bonchev–Trinajstić information content (AvgIpc) is 3.28. The predicted octanol–water partition coefficient (Wildman–Crippen LogP) is 6.54. The first-order valence-corrected chi connectivity index (χ1v) is 15.6. The normalized spacial score (nSPS) is 23.2. The van der Waals surface area contributed by atoms with Crippen LogP contribution in [0.1, 0.15) is 87.6 Å². The summed E-state index contributed by atoms with van der Waals surface area (Å²) in [6.07, 6.45) is 5.69. The van der Waals surface area contributed by atoms with Crippen molar-refractivity contribution in [1.82, 2.24) is 0 Å². The standard InChI is InChI=1S/C34H47FN3O3/c1-5-17-34(3,18-6-2)33(40)41-24-38(21-8-11-31(39)25-12-14-26(35)15-13-25)22-16-29-28(23-38)27-9-7-10-30-32(27)37(29)20-19-36(30)4/h7,9-10,12-15,28-29H,5-6,8,11,16-24H2,1-4H3/q+1/t28-,29-,38?/m0/s1. The number of carbonyl (C=O) groups is 2. The summed E-state index contributed by atoms with van der Waals surface area (Å²) < 4.78 is 20.3. The van der Waals surface area contributed by atoms with Crippen molar-refractivity contribution in [2.75, 3.05) is 56.3 Å². The maximum Gasteiger partial charge on any atom is 0.316 e. The number of nitrogens with zero attached hydrogens (tertiary/aromatic N) is 3. The Bertz CT molecular complexity index is 1240. The largest absolute Gasteiger partial charge is 0.415 e. The number of carbonyl (C=O) groups excluding carboxylic acids is 2. The number of para-hydroxylation sites is 1. The van der Waals surface area contributed by atoms with Gasteiger partial charge in [-0.3, -0.25) is 14.1 Å². The first kappa shape index (κ1) is 29.6. The predicted molar refractivity (Wildman–Crippen MR) is 162 cm³/mol. The summed E-state index contributed by atoms with van der Waals surface area (Å²) in [4.78, 5) is 31.4. The summed E-state index contributed by atoms with van der Waals surface area (Å²) in [5, 5.41) is 0. The Kier molecular flexibility index (Phi) is 8.74. The lowest BCUT2D eigenvalue weighted by Crippen LogP contribution is -2.60. The zero-order valence-corrected chi connectivity index (χ0v) is 25.3. The van der Waals surface area contributed by atoms with Gasteiger partial charge in [0.1, 0.15) is 5.82 Å². The van der Waals surface area contributed by atoms with Crippen LogP contribution >= 0.6 is 0 Å². The Hall–Kier alpha value is -2.93. The van der Waals surface area contributed by atoms with Crippen molar-refractivity contribution < 1.29 is 23.2 Å². The number of ketones is 1. The van der Waals surface area contributed by atoms with Gasteiger partial charge in [-0.15, -0.1) is 0 Å². The van der Waals surface area contributed by atoms with Gasteiger partial charge >= 0.3 is 5.97 Å². The maximum atomic E-state index is 13.5. The zero-order chi connectivity index (χ0) is 29.2. The molecule has 3 heterocycles. The number of piperidine rings is 1. The molecule has 222 valence electrons. The number of likely N-dealkylation sites (N-methyl/N-ethyl adjacent to an activating group) is 1. The summed E-state index contributed by atoms with van der Waals surface area (Å²) in [7, 11) is 2.18. The van der Waals surface area contributed by atoms with Crippen molar-refractivity contribution in [2.24, 2.45) is 5.41 Å². The van der Waals surface area contributed by atoms with Crippen LogP contribution in [0.25, 0.3) is 0 Å². The van der Waals surface area contributed by atoms with Crippen LogP contribution in [0.4, 0.5) is 15.8 Å². The van der Waals surface area contributed by atoms with E-state index in [0.29, 0.717) is 41.6 Å². The van der Waals surface area contributed by atoms with E-state index in [1.54, 1.807) is 12.1 Å². The molecule has 0 aliphatic carbocycles. The topological polar surface area (TPSA) is 49.9 Å². The van der Waals surface area contributed by atoms with E-state index in [4.69, 9.17) is 4.74 Å². The average molecular weight is 565 g/mol. The molecule has 3 atom stereocenters. The number of ether oxygens (including phenoxy) is 1. The molecule has 41 heavy (non-hydrogen) atoms. The van der Waals surface area contributed by atoms with Gasteiger partial charge < -0.3 is 14.5 Å². The highest BCUT2D eigenvalue weighted by Gasteiger charge is 2.50. The Balaban J connectivity index is 1.36. The summed E-state index contributed by atoms with van der Waals surface area (Å²) >= 11 is 0. The van der Waals surface area contributed by atoms with Crippen molar-refractivity contribution in [3.8, 4) is 0 Å². The Morgan fingerprint density at radius 3 is 2.51 bits per heavy atom. The number of likely N-dealkylation sites (tertiary alicyclic amines) is 1. The van der Waals surface area contributed by atoms with E-state index >= 15 is 0 Å². The number of anilines is 2. The molecule has 0 radical (unpaired) electrons. The van der Waals surface area contributed by atoms with E-state index in [9.17, 15) is 14.0 Å². The number of quaternary nitrogens is 1. The van der Waals surface area contributed by atoms with Crippen molar-refractivity contribution >= 4 is 23.1 Å². The molecule has 2 aromatic rings. The highest BCUT2D eigenvalue weighted by atomic mass is 19.1. The molecular weight excluding hydrogens is 517 g/mol. The molecule has 0 N–H and O–H groups in total. The number of Topliss-reactive ketones (excluding diaryl/α,β-unsaturated/α-hetero) is 1. The van der Waals surface area contributed by atoms with E-state index in [0.717, 1.165) is 64.8 Å². The molecule has 0 spiro atoms. The van der Waals surface area contributed by atoms with Gasteiger partial charge in [0.25, 0.3) is 0 Å². The fourth-order valence-corrected chi connectivity index (χ4v) is 7.75. The number of esters is 1. The lowest BCUT2D eigenvalue weighted by Gasteiger charge is -2.47. The third kappa shape index (κ3) is 5.88. The molecule has 6 nitrogen and oxygen atoms in total. The molecule has 3 aliphatic heterocycles. The first-order valence-electron chi connectivity index (χ1n) is 15.6. The van der Waals surface area contributed by atoms with Crippen LogP contribution < -0.4 is 9.80 Å². The number of hydrogen-bond donors (Lipinski definition) is 0. The van der Waals surface area contributed by atoms with Crippen LogP contribution in [0.15, 0.2) is 42.5 Å². The molecule has 1 unspecified atom stereocenters. The second-order valence-electron chi connectivity index (χ2n) is 12.9. The molecule has 7 heteroatoms. The molecule has 1 saturated heterocycles. The zero-order valence-electron chi connectivity index (χ0n) is 25.3. The maximum absolute atomic E-state index is 13.5. The van der Waals surface area contributed by atoms with Crippen LogP contribution in [0.5, 0.6) is 0 Å². The molecule has 0 aromatic heterocycles. The Morgan fingerprint density at radius 2 is 1.80 bits per heavy atom. The van der Waals surface area contributed by atoms with Crippen LogP contribution in [0.3, 0.4) is 0 Å². The third-order valence-electron chi connectivity index (χ3n) is 9.94. The lowest BCUT2D eigenvalue weighted by atomic mass is 9.81. The molecular formula is C34H47FN3O3+. The Labute approximate surface area is 245 Å². The van der Waals surface area contributed by atoms with E-state index in [-0.39, 0.29) is 17.6 Å². The molecule has 0 bridgehead atoms. The summed E-state index contributed by atoms with van der Waals surface area (Å²) in [6.45, 7) is 11.3. The number of halogens is 1. The quantitative estimate of drug-likeness (QED) is 0.167. The monoisotopic (exact) mass is 564 g/mol. The Morgan fingerprint density at radius 1 is 1.07 bits per heavy atom. The van der Waals surface area contributed by atoms with Gasteiger partial charge in [-0.05, 0) is 55.7 Å². The van der Waals surface area contributed by atoms with Gasteiger partial charge in [0.2, 0.25) is 6.73 Å². The number of hydrogen-bond acceptors (Lipinski definition) is 5.